The lowest BCUT2D eigenvalue weighted by Gasteiger charge is -1.94. The minimum atomic E-state index is 0.590. The lowest BCUT2D eigenvalue weighted by atomic mass is 10.4. The van der Waals surface area contributed by atoms with Gasteiger partial charge in [0.1, 0.15) is 11.5 Å². The molecular weight excluding hydrogens is 204 g/mol. The number of rotatable bonds is 4. The number of hydrogen-bond donors (Lipinski definition) is 2. The highest BCUT2D eigenvalue weighted by Gasteiger charge is 2.27. The van der Waals surface area contributed by atoms with E-state index in [-0.39, 0.29) is 0 Å². The highest BCUT2D eigenvalue weighted by molar-refractivity contribution is 5.46. The van der Waals surface area contributed by atoms with Crippen LogP contribution in [-0.4, -0.2) is 31.3 Å². The summed E-state index contributed by atoms with van der Waals surface area (Å²) in [5.74, 6) is 2.26. The van der Waals surface area contributed by atoms with Crippen LogP contribution in [-0.2, 0) is 6.54 Å². The zero-order chi connectivity index (χ0) is 11.0. The van der Waals surface area contributed by atoms with Crippen molar-refractivity contribution in [1.29, 1.82) is 0 Å². The van der Waals surface area contributed by atoms with E-state index in [0.29, 0.717) is 18.3 Å². The topological polar surface area (TPSA) is 85.4 Å². The van der Waals surface area contributed by atoms with E-state index >= 15 is 0 Å². The van der Waals surface area contributed by atoms with Crippen LogP contribution in [0.2, 0.25) is 0 Å². The Morgan fingerprint density at radius 1 is 1.50 bits per heavy atom. The van der Waals surface area contributed by atoms with E-state index in [1.807, 2.05) is 10.8 Å². The molecular formula is C10H14N6. The highest BCUT2D eigenvalue weighted by atomic mass is 15.2. The van der Waals surface area contributed by atoms with Crippen molar-refractivity contribution in [3.05, 3.63) is 18.3 Å². The first kappa shape index (κ1) is 9.53. The maximum atomic E-state index is 5.47. The SMILES string of the molecule is NCCn1cnc(-c2n[nH]c(C3CC3)n2)c1. The van der Waals surface area contributed by atoms with Gasteiger partial charge in [-0.1, -0.05) is 0 Å². The summed E-state index contributed by atoms with van der Waals surface area (Å²) < 4.78 is 1.95. The van der Waals surface area contributed by atoms with Gasteiger partial charge < -0.3 is 10.3 Å². The fourth-order valence-electron chi connectivity index (χ4n) is 1.68. The maximum absolute atomic E-state index is 5.47. The average Bonchev–Trinajstić information content (AvgIpc) is 2.85. The third-order valence-corrected chi connectivity index (χ3v) is 2.72. The summed E-state index contributed by atoms with van der Waals surface area (Å²) in [6, 6.07) is 0. The van der Waals surface area contributed by atoms with Crippen LogP contribution < -0.4 is 5.73 Å². The molecule has 0 aliphatic heterocycles. The van der Waals surface area contributed by atoms with Crippen LogP contribution in [0.3, 0.4) is 0 Å². The second kappa shape index (κ2) is 3.71. The van der Waals surface area contributed by atoms with Crippen LogP contribution in [0.4, 0.5) is 0 Å². The third-order valence-electron chi connectivity index (χ3n) is 2.72. The molecule has 0 atom stereocenters. The Hall–Kier alpha value is -1.69. The average molecular weight is 218 g/mol. The molecule has 84 valence electrons. The first-order chi connectivity index (χ1) is 7.86. The fraction of sp³-hybridized carbons (Fsp3) is 0.500. The third kappa shape index (κ3) is 1.71. The van der Waals surface area contributed by atoms with Gasteiger partial charge in [-0.2, -0.15) is 5.10 Å². The largest absolute Gasteiger partial charge is 0.335 e. The molecule has 0 bridgehead atoms. The minimum absolute atomic E-state index is 0.590. The van der Waals surface area contributed by atoms with Crippen molar-refractivity contribution >= 4 is 0 Å². The Morgan fingerprint density at radius 3 is 3.12 bits per heavy atom. The Balaban J connectivity index is 1.83. The van der Waals surface area contributed by atoms with Crippen molar-refractivity contribution in [3.8, 4) is 11.5 Å². The van der Waals surface area contributed by atoms with E-state index in [0.717, 1.165) is 18.1 Å². The van der Waals surface area contributed by atoms with Crippen LogP contribution in [0.25, 0.3) is 11.5 Å². The van der Waals surface area contributed by atoms with Crippen LogP contribution in [0, 0.1) is 0 Å². The molecule has 3 N–H and O–H groups in total. The van der Waals surface area contributed by atoms with Crippen LogP contribution in [0.5, 0.6) is 0 Å². The molecule has 1 saturated carbocycles. The monoisotopic (exact) mass is 218 g/mol. The summed E-state index contributed by atoms with van der Waals surface area (Å²) in [5, 5.41) is 7.15. The van der Waals surface area contributed by atoms with Crippen molar-refractivity contribution in [2.24, 2.45) is 5.73 Å². The second-order valence-corrected chi connectivity index (χ2v) is 4.10. The molecule has 0 amide bonds. The number of nitrogens with one attached hydrogen (secondary N) is 1. The molecule has 6 heteroatoms. The Morgan fingerprint density at radius 2 is 2.38 bits per heavy atom. The van der Waals surface area contributed by atoms with E-state index in [1.54, 1.807) is 6.33 Å². The summed E-state index contributed by atoms with van der Waals surface area (Å²) in [5.41, 5.74) is 6.28. The molecule has 3 rings (SSSR count). The zero-order valence-corrected chi connectivity index (χ0v) is 8.93. The summed E-state index contributed by atoms with van der Waals surface area (Å²) in [4.78, 5) is 8.70. The molecule has 0 saturated heterocycles. The van der Waals surface area contributed by atoms with Crippen molar-refractivity contribution in [2.45, 2.75) is 25.3 Å². The van der Waals surface area contributed by atoms with Gasteiger partial charge in [0.25, 0.3) is 0 Å². The van der Waals surface area contributed by atoms with Gasteiger partial charge in [-0.3, -0.25) is 5.10 Å². The molecule has 0 radical (unpaired) electrons. The zero-order valence-electron chi connectivity index (χ0n) is 8.93. The molecule has 1 aliphatic rings. The van der Waals surface area contributed by atoms with Gasteiger partial charge in [0.2, 0.25) is 5.82 Å². The van der Waals surface area contributed by atoms with Gasteiger partial charge >= 0.3 is 0 Å². The molecule has 16 heavy (non-hydrogen) atoms. The van der Waals surface area contributed by atoms with Gasteiger partial charge in [0.15, 0.2) is 0 Å². The molecule has 2 aromatic heterocycles. The highest BCUT2D eigenvalue weighted by Crippen LogP contribution is 2.38. The Kier molecular flexibility index (Phi) is 2.21. The second-order valence-electron chi connectivity index (χ2n) is 4.10. The molecule has 1 aliphatic carbocycles. The standard InChI is InChI=1S/C10H14N6/c11-3-4-16-5-8(12-6-16)10-13-9(14-15-10)7-1-2-7/h5-7H,1-4,11H2,(H,13,14,15). The number of nitrogens with two attached hydrogens (primary N) is 1. The first-order valence-electron chi connectivity index (χ1n) is 5.51. The summed E-state index contributed by atoms with van der Waals surface area (Å²) in [6.45, 7) is 1.38. The van der Waals surface area contributed by atoms with Gasteiger partial charge in [-0.15, -0.1) is 0 Å². The molecule has 0 unspecified atom stereocenters. The molecule has 2 aromatic rings. The van der Waals surface area contributed by atoms with Gasteiger partial charge in [0, 0.05) is 25.2 Å². The van der Waals surface area contributed by atoms with Crippen LogP contribution in [0.1, 0.15) is 24.6 Å². The summed E-state index contributed by atoms with van der Waals surface area (Å²) >= 11 is 0. The lowest BCUT2D eigenvalue weighted by Crippen LogP contribution is -2.07. The number of aromatic nitrogens is 5. The van der Waals surface area contributed by atoms with Crippen molar-refractivity contribution in [3.63, 3.8) is 0 Å². The predicted octanol–water partition coefficient (Wildman–Crippen LogP) is 0.504. The fourth-order valence-corrected chi connectivity index (χ4v) is 1.68. The lowest BCUT2D eigenvalue weighted by molar-refractivity contribution is 0.708. The van der Waals surface area contributed by atoms with Gasteiger partial charge in [-0.05, 0) is 12.8 Å². The minimum Gasteiger partial charge on any atom is -0.335 e. The van der Waals surface area contributed by atoms with E-state index in [9.17, 15) is 0 Å². The van der Waals surface area contributed by atoms with Gasteiger partial charge in [-0.25, -0.2) is 9.97 Å². The van der Waals surface area contributed by atoms with Crippen LogP contribution in [0.15, 0.2) is 12.5 Å². The van der Waals surface area contributed by atoms with Crippen molar-refractivity contribution in [2.75, 3.05) is 6.54 Å². The Bertz CT molecular complexity index is 481. The normalized spacial score (nSPS) is 15.6. The van der Waals surface area contributed by atoms with Gasteiger partial charge in [0.05, 0.1) is 6.33 Å². The quantitative estimate of drug-likeness (QED) is 0.782. The smallest absolute Gasteiger partial charge is 0.201 e. The van der Waals surface area contributed by atoms with Crippen molar-refractivity contribution < 1.29 is 0 Å². The number of nitrogens with zero attached hydrogens (tertiary/aromatic N) is 4. The maximum Gasteiger partial charge on any atom is 0.201 e. The molecule has 6 nitrogen and oxygen atoms in total. The van der Waals surface area contributed by atoms with E-state index in [4.69, 9.17) is 5.73 Å². The molecule has 0 spiro atoms. The number of aromatic amines is 1. The molecule has 0 aromatic carbocycles. The predicted molar refractivity (Wildman–Crippen MR) is 58.6 cm³/mol. The summed E-state index contributed by atoms with van der Waals surface area (Å²) in [6.07, 6.45) is 6.12. The van der Waals surface area contributed by atoms with E-state index in [1.165, 1.54) is 12.8 Å². The van der Waals surface area contributed by atoms with Crippen LogP contribution >= 0.6 is 0 Å². The Labute approximate surface area is 92.9 Å². The first-order valence-corrected chi connectivity index (χ1v) is 5.51. The van der Waals surface area contributed by atoms with E-state index < -0.39 is 0 Å². The van der Waals surface area contributed by atoms with E-state index in [2.05, 4.69) is 20.2 Å². The van der Waals surface area contributed by atoms with Crippen molar-refractivity contribution in [1.82, 2.24) is 24.7 Å². The summed E-state index contributed by atoms with van der Waals surface area (Å²) in [7, 11) is 0. The number of H-pyrrole nitrogens is 1. The number of hydrogen-bond acceptors (Lipinski definition) is 4. The molecule has 2 heterocycles. The molecule has 1 fully saturated rings. The number of imidazole rings is 1.